The SMILES string of the molecule is Cc1noc(C)c1S(=O)(=O)N1CCN(Cc2nc(-c3ccc(F)cc3)cs2)CC1. The molecule has 0 amide bonds. The molecule has 0 radical (unpaired) electrons. The molecule has 1 saturated heterocycles. The van der Waals surface area contributed by atoms with E-state index in [1.54, 1.807) is 37.3 Å². The summed E-state index contributed by atoms with van der Waals surface area (Å²) in [4.78, 5) is 7.00. The number of benzene rings is 1. The van der Waals surface area contributed by atoms with Crippen LogP contribution in [0.15, 0.2) is 39.1 Å². The van der Waals surface area contributed by atoms with Gasteiger partial charge in [-0.25, -0.2) is 17.8 Å². The lowest BCUT2D eigenvalue weighted by Crippen LogP contribution is -2.48. The summed E-state index contributed by atoms with van der Waals surface area (Å²) in [6, 6.07) is 6.28. The number of piperazine rings is 1. The highest BCUT2D eigenvalue weighted by Gasteiger charge is 2.33. The molecule has 1 fully saturated rings. The fourth-order valence-electron chi connectivity index (χ4n) is 3.43. The monoisotopic (exact) mass is 436 g/mol. The Morgan fingerprint density at radius 3 is 2.45 bits per heavy atom. The molecule has 1 aromatic carbocycles. The van der Waals surface area contributed by atoms with Crippen LogP contribution in [0.4, 0.5) is 4.39 Å². The molecule has 7 nitrogen and oxygen atoms in total. The maximum atomic E-state index is 13.1. The minimum absolute atomic E-state index is 0.176. The van der Waals surface area contributed by atoms with E-state index in [1.807, 2.05) is 5.38 Å². The summed E-state index contributed by atoms with van der Waals surface area (Å²) in [5.74, 6) is 0.0506. The van der Waals surface area contributed by atoms with Crippen molar-refractivity contribution in [1.82, 2.24) is 19.3 Å². The number of hydrogen-bond donors (Lipinski definition) is 0. The van der Waals surface area contributed by atoms with Crippen molar-refractivity contribution >= 4 is 21.4 Å². The first-order valence-corrected chi connectivity index (χ1v) is 11.5. The Bertz CT molecular complexity index is 1080. The van der Waals surface area contributed by atoms with Gasteiger partial charge in [-0.1, -0.05) is 5.16 Å². The molecule has 2 aromatic heterocycles. The van der Waals surface area contributed by atoms with Gasteiger partial charge in [0.15, 0.2) is 5.76 Å². The van der Waals surface area contributed by atoms with Gasteiger partial charge in [-0.3, -0.25) is 4.90 Å². The normalized spacial score (nSPS) is 16.4. The zero-order valence-corrected chi connectivity index (χ0v) is 17.8. The molecule has 0 unspecified atom stereocenters. The molecule has 0 bridgehead atoms. The molecule has 3 heterocycles. The highest BCUT2D eigenvalue weighted by molar-refractivity contribution is 7.89. The fraction of sp³-hybridized carbons (Fsp3) is 0.368. The molecule has 29 heavy (non-hydrogen) atoms. The van der Waals surface area contributed by atoms with Gasteiger partial charge in [0.05, 0.1) is 12.2 Å². The first-order chi connectivity index (χ1) is 13.8. The van der Waals surface area contributed by atoms with E-state index in [1.165, 1.54) is 16.4 Å². The van der Waals surface area contributed by atoms with E-state index >= 15 is 0 Å². The van der Waals surface area contributed by atoms with Crippen LogP contribution in [0.3, 0.4) is 0 Å². The van der Waals surface area contributed by atoms with E-state index < -0.39 is 10.0 Å². The Morgan fingerprint density at radius 1 is 1.14 bits per heavy atom. The van der Waals surface area contributed by atoms with Crippen LogP contribution in [-0.4, -0.2) is 53.9 Å². The molecular weight excluding hydrogens is 415 g/mol. The third-order valence-electron chi connectivity index (χ3n) is 4.95. The first-order valence-electron chi connectivity index (χ1n) is 9.20. The van der Waals surface area contributed by atoms with Crippen LogP contribution >= 0.6 is 11.3 Å². The first kappa shape index (κ1) is 20.1. The number of nitrogens with zero attached hydrogens (tertiary/aromatic N) is 4. The third kappa shape index (κ3) is 4.11. The number of aromatic nitrogens is 2. The fourth-order valence-corrected chi connectivity index (χ4v) is 5.99. The maximum Gasteiger partial charge on any atom is 0.248 e. The minimum atomic E-state index is -3.61. The van der Waals surface area contributed by atoms with E-state index in [-0.39, 0.29) is 10.7 Å². The molecule has 4 rings (SSSR count). The Balaban J connectivity index is 1.39. The number of hydrogen-bond acceptors (Lipinski definition) is 7. The molecule has 3 aromatic rings. The molecule has 0 N–H and O–H groups in total. The van der Waals surface area contributed by atoms with E-state index in [4.69, 9.17) is 4.52 Å². The average molecular weight is 437 g/mol. The minimum Gasteiger partial charge on any atom is -0.360 e. The van der Waals surface area contributed by atoms with E-state index in [0.717, 1.165) is 16.3 Å². The van der Waals surface area contributed by atoms with Crippen LogP contribution in [0.2, 0.25) is 0 Å². The third-order valence-corrected chi connectivity index (χ3v) is 7.92. The second-order valence-electron chi connectivity index (χ2n) is 6.97. The van der Waals surface area contributed by atoms with E-state index in [2.05, 4.69) is 15.0 Å². The number of thiazole rings is 1. The Labute approximate surface area is 172 Å². The molecule has 154 valence electrons. The summed E-state index contributed by atoms with van der Waals surface area (Å²) >= 11 is 1.55. The number of halogens is 1. The quantitative estimate of drug-likeness (QED) is 0.612. The van der Waals surface area contributed by atoms with Gasteiger partial charge in [-0.05, 0) is 38.1 Å². The van der Waals surface area contributed by atoms with Gasteiger partial charge in [-0.15, -0.1) is 11.3 Å². The second kappa shape index (κ2) is 7.94. The van der Waals surface area contributed by atoms with Crippen molar-refractivity contribution in [1.29, 1.82) is 0 Å². The highest BCUT2D eigenvalue weighted by Crippen LogP contribution is 2.26. The molecule has 0 aliphatic carbocycles. The summed E-state index contributed by atoms with van der Waals surface area (Å²) in [6.45, 7) is 5.96. The predicted octanol–water partition coefficient (Wildman–Crippen LogP) is 3.06. The average Bonchev–Trinajstić information content (AvgIpc) is 3.29. The summed E-state index contributed by atoms with van der Waals surface area (Å²) < 4.78 is 45.4. The van der Waals surface area contributed by atoms with Crippen LogP contribution in [0.5, 0.6) is 0 Å². The molecule has 1 aliphatic heterocycles. The van der Waals surface area contributed by atoms with Gasteiger partial charge >= 0.3 is 0 Å². The largest absolute Gasteiger partial charge is 0.360 e. The van der Waals surface area contributed by atoms with Crippen molar-refractivity contribution in [3.05, 3.63) is 51.9 Å². The number of rotatable bonds is 5. The number of sulfonamides is 1. The lowest BCUT2D eigenvalue weighted by Gasteiger charge is -2.33. The zero-order chi connectivity index (χ0) is 20.6. The molecule has 0 spiro atoms. The summed E-state index contributed by atoms with van der Waals surface area (Å²) in [7, 11) is -3.61. The maximum absolute atomic E-state index is 13.1. The molecule has 10 heteroatoms. The second-order valence-corrected chi connectivity index (χ2v) is 9.78. The number of aryl methyl sites for hydroxylation is 2. The summed E-state index contributed by atoms with van der Waals surface area (Å²) in [6.07, 6.45) is 0. The molecular formula is C19H21FN4O3S2. The van der Waals surface area contributed by atoms with Gasteiger partial charge in [0, 0.05) is 37.1 Å². The lowest BCUT2D eigenvalue weighted by atomic mass is 10.2. The van der Waals surface area contributed by atoms with Gasteiger partial charge in [0.1, 0.15) is 21.4 Å². The van der Waals surface area contributed by atoms with Crippen molar-refractivity contribution in [2.24, 2.45) is 0 Å². The van der Waals surface area contributed by atoms with Crippen LogP contribution in [0.25, 0.3) is 11.3 Å². The van der Waals surface area contributed by atoms with Crippen molar-refractivity contribution in [3.8, 4) is 11.3 Å². The van der Waals surface area contributed by atoms with Crippen LogP contribution < -0.4 is 0 Å². The van der Waals surface area contributed by atoms with Crippen molar-refractivity contribution < 1.29 is 17.3 Å². The highest BCUT2D eigenvalue weighted by atomic mass is 32.2. The Kier molecular flexibility index (Phi) is 5.52. The van der Waals surface area contributed by atoms with Gasteiger partial charge in [-0.2, -0.15) is 4.31 Å². The van der Waals surface area contributed by atoms with Crippen LogP contribution in [0.1, 0.15) is 16.5 Å². The predicted molar refractivity (Wildman–Crippen MR) is 108 cm³/mol. The van der Waals surface area contributed by atoms with Crippen molar-refractivity contribution in [3.63, 3.8) is 0 Å². The van der Waals surface area contributed by atoms with Gasteiger partial charge in [0.25, 0.3) is 0 Å². The van der Waals surface area contributed by atoms with Gasteiger partial charge in [0.2, 0.25) is 10.0 Å². The van der Waals surface area contributed by atoms with E-state index in [9.17, 15) is 12.8 Å². The van der Waals surface area contributed by atoms with Crippen molar-refractivity contribution in [2.45, 2.75) is 25.3 Å². The van der Waals surface area contributed by atoms with Gasteiger partial charge < -0.3 is 4.52 Å². The van der Waals surface area contributed by atoms with E-state index in [0.29, 0.717) is 44.2 Å². The molecule has 0 saturated carbocycles. The van der Waals surface area contributed by atoms with Crippen LogP contribution in [-0.2, 0) is 16.6 Å². The summed E-state index contributed by atoms with van der Waals surface area (Å²) in [5.41, 5.74) is 2.09. The van der Waals surface area contributed by atoms with Crippen LogP contribution in [0, 0.1) is 19.7 Å². The molecule has 0 atom stereocenters. The van der Waals surface area contributed by atoms with Crippen molar-refractivity contribution in [2.75, 3.05) is 26.2 Å². The Morgan fingerprint density at radius 2 is 1.83 bits per heavy atom. The lowest BCUT2D eigenvalue weighted by molar-refractivity contribution is 0.181. The molecule has 1 aliphatic rings. The zero-order valence-electron chi connectivity index (χ0n) is 16.1. The topological polar surface area (TPSA) is 79.5 Å². The smallest absolute Gasteiger partial charge is 0.248 e. The standard InChI is InChI=1S/C19H21FN4O3S2/c1-13-19(14(2)27-22-13)29(25,26)24-9-7-23(8-10-24)11-18-21-17(12-28-18)15-3-5-16(20)6-4-15/h3-6,12H,7-11H2,1-2H3. The Hall–Kier alpha value is -2.14. The summed E-state index contributed by atoms with van der Waals surface area (Å²) in [5, 5.41) is 6.67.